The standard InChI is InChI=1S/C35H27I2N/c1-21-16-23(14-15-32(21)36)26-18-25(22-8-6-9-24(17-22)34(37)38)19-27(20-26)28-11-7-13-31-33(28)29-10-4-5-12-30(29)35(31,2)3/h4-20,38H,1-3H3. The van der Waals surface area contributed by atoms with Gasteiger partial charge in [0.1, 0.15) is 0 Å². The molecule has 0 aromatic heterocycles. The molecule has 0 amide bonds. The van der Waals surface area contributed by atoms with Crippen molar-refractivity contribution in [3.63, 3.8) is 0 Å². The van der Waals surface area contributed by atoms with Crippen LogP contribution in [0.1, 0.15) is 36.1 Å². The lowest BCUT2D eigenvalue weighted by Crippen LogP contribution is -2.14. The van der Waals surface area contributed by atoms with Gasteiger partial charge in [-0.25, -0.2) is 0 Å². The van der Waals surface area contributed by atoms with Crippen molar-refractivity contribution in [1.29, 1.82) is 5.41 Å². The van der Waals surface area contributed by atoms with Crippen molar-refractivity contribution in [3.05, 3.63) is 129 Å². The van der Waals surface area contributed by atoms with Gasteiger partial charge in [0, 0.05) is 14.5 Å². The fourth-order valence-corrected chi connectivity index (χ4v) is 6.44. The molecule has 3 heteroatoms. The molecule has 0 radical (unpaired) electrons. The second-order valence-electron chi connectivity index (χ2n) is 10.6. The Morgan fingerprint density at radius 1 is 0.632 bits per heavy atom. The third-order valence-corrected chi connectivity index (χ3v) is 9.63. The van der Waals surface area contributed by atoms with Crippen LogP contribution in [-0.4, -0.2) is 3.72 Å². The van der Waals surface area contributed by atoms with Crippen LogP contribution in [0.15, 0.2) is 103 Å². The number of hydrogen-bond acceptors (Lipinski definition) is 1. The lowest BCUT2D eigenvalue weighted by atomic mass is 9.82. The second kappa shape index (κ2) is 9.76. The minimum Gasteiger partial charge on any atom is -0.294 e. The van der Waals surface area contributed by atoms with Crippen molar-refractivity contribution in [2.24, 2.45) is 0 Å². The van der Waals surface area contributed by atoms with Gasteiger partial charge in [-0.05, 0) is 144 Å². The third-order valence-electron chi connectivity index (χ3n) is 7.79. The summed E-state index contributed by atoms with van der Waals surface area (Å²) in [5.74, 6) is 0. The molecule has 0 aliphatic heterocycles. The molecule has 0 spiro atoms. The SMILES string of the molecule is Cc1cc(-c2cc(-c3cccc(C(=N)I)c3)cc(-c3cccc4c3-c3ccccc3C4(C)C)c2)ccc1I. The Morgan fingerprint density at radius 3 is 2.00 bits per heavy atom. The van der Waals surface area contributed by atoms with Crippen LogP contribution in [-0.2, 0) is 5.41 Å². The van der Waals surface area contributed by atoms with Gasteiger partial charge in [0.25, 0.3) is 0 Å². The zero-order chi connectivity index (χ0) is 26.6. The van der Waals surface area contributed by atoms with Crippen LogP contribution < -0.4 is 0 Å². The molecule has 0 unspecified atom stereocenters. The van der Waals surface area contributed by atoms with E-state index in [0.29, 0.717) is 3.72 Å². The first-order valence-corrected chi connectivity index (χ1v) is 14.9. The van der Waals surface area contributed by atoms with E-state index in [1.807, 2.05) is 6.07 Å². The number of hydrogen-bond donors (Lipinski definition) is 1. The molecule has 6 rings (SSSR count). The van der Waals surface area contributed by atoms with Gasteiger partial charge in [-0.15, -0.1) is 0 Å². The van der Waals surface area contributed by atoms with Crippen LogP contribution in [0, 0.1) is 15.9 Å². The number of nitrogens with one attached hydrogen (secondary N) is 1. The van der Waals surface area contributed by atoms with Gasteiger partial charge in [-0.2, -0.15) is 0 Å². The van der Waals surface area contributed by atoms with E-state index < -0.39 is 0 Å². The molecule has 186 valence electrons. The van der Waals surface area contributed by atoms with Gasteiger partial charge >= 0.3 is 0 Å². The maximum Gasteiger partial charge on any atom is 0.0992 e. The Kier molecular flexibility index (Phi) is 6.55. The van der Waals surface area contributed by atoms with Crippen LogP contribution in [0.3, 0.4) is 0 Å². The highest BCUT2D eigenvalue weighted by molar-refractivity contribution is 14.1. The molecule has 1 N–H and O–H groups in total. The van der Waals surface area contributed by atoms with E-state index in [1.165, 1.54) is 53.6 Å². The van der Waals surface area contributed by atoms with Gasteiger partial charge in [0.05, 0.1) is 3.72 Å². The minimum atomic E-state index is -0.0371. The number of fused-ring (bicyclic) bond motifs is 3. The second-order valence-corrected chi connectivity index (χ2v) is 12.8. The largest absolute Gasteiger partial charge is 0.294 e. The van der Waals surface area contributed by atoms with E-state index >= 15 is 0 Å². The molecule has 5 aromatic rings. The number of aryl methyl sites for hydroxylation is 1. The smallest absolute Gasteiger partial charge is 0.0992 e. The zero-order valence-electron chi connectivity index (χ0n) is 21.6. The average molecular weight is 715 g/mol. The van der Waals surface area contributed by atoms with Gasteiger partial charge in [0.15, 0.2) is 0 Å². The highest BCUT2D eigenvalue weighted by Crippen LogP contribution is 2.52. The first-order valence-electron chi connectivity index (χ1n) is 12.7. The predicted octanol–water partition coefficient (Wildman–Crippen LogP) is 10.7. The summed E-state index contributed by atoms with van der Waals surface area (Å²) in [7, 11) is 0. The average Bonchev–Trinajstić information content (AvgIpc) is 3.17. The minimum absolute atomic E-state index is 0.0371. The van der Waals surface area contributed by atoms with Crippen molar-refractivity contribution in [3.8, 4) is 44.5 Å². The Balaban J connectivity index is 1.63. The highest BCUT2D eigenvalue weighted by Gasteiger charge is 2.36. The van der Waals surface area contributed by atoms with E-state index in [1.54, 1.807) is 0 Å². The lowest BCUT2D eigenvalue weighted by molar-refractivity contribution is 0.660. The van der Waals surface area contributed by atoms with Crippen LogP contribution in [0.4, 0.5) is 0 Å². The van der Waals surface area contributed by atoms with Crippen molar-refractivity contribution in [2.45, 2.75) is 26.2 Å². The Labute approximate surface area is 252 Å². The molecular formula is C35H27I2N. The normalized spacial score (nSPS) is 13.2. The monoisotopic (exact) mass is 715 g/mol. The molecule has 0 fully saturated rings. The van der Waals surface area contributed by atoms with E-state index in [9.17, 15) is 0 Å². The van der Waals surface area contributed by atoms with Crippen molar-refractivity contribution >= 4 is 48.9 Å². The van der Waals surface area contributed by atoms with Crippen LogP contribution >= 0.6 is 45.2 Å². The van der Waals surface area contributed by atoms with Gasteiger partial charge in [0.2, 0.25) is 0 Å². The molecular weight excluding hydrogens is 688 g/mol. The summed E-state index contributed by atoms with van der Waals surface area (Å²) in [5, 5.41) is 8.17. The molecule has 38 heavy (non-hydrogen) atoms. The fourth-order valence-electron chi connectivity index (χ4n) is 5.77. The molecule has 0 heterocycles. The van der Waals surface area contributed by atoms with E-state index in [-0.39, 0.29) is 5.41 Å². The van der Waals surface area contributed by atoms with Crippen molar-refractivity contribution < 1.29 is 0 Å². The van der Waals surface area contributed by atoms with Gasteiger partial charge in [-0.3, -0.25) is 5.41 Å². The van der Waals surface area contributed by atoms with Crippen molar-refractivity contribution in [1.82, 2.24) is 0 Å². The summed E-state index contributed by atoms with van der Waals surface area (Å²) in [4.78, 5) is 0. The summed E-state index contributed by atoms with van der Waals surface area (Å²) in [5.41, 5.74) is 14.8. The van der Waals surface area contributed by atoms with Gasteiger partial charge in [-0.1, -0.05) is 86.6 Å². The maximum absolute atomic E-state index is 8.17. The Bertz CT molecular complexity index is 1750. The van der Waals surface area contributed by atoms with Crippen LogP contribution in [0.2, 0.25) is 0 Å². The summed E-state index contributed by atoms with van der Waals surface area (Å²) in [6, 6.07) is 37.7. The van der Waals surface area contributed by atoms with Crippen molar-refractivity contribution in [2.75, 3.05) is 0 Å². The third kappa shape index (κ3) is 4.34. The topological polar surface area (TPSA) is 23.9 Å². The molecule has 0 atom stereocenters. The van der Waals surface area contributed by atoms with E-state index in [2.05, 4.69) is 163 Å². The van der Waals surface area contributed by atoms with Gasteiger partial charge < -0.3 is 0 Å². The first kappa shape index (κ1) is 25.5. The summed E-state index contributed by atoms with van der Waals surface area (Å²) in [6.45, 7) is 6.85. The molecule has 0 saturated carbocycles. The molecule has 1 aliphatic carbocycles. The van der Waals surface area contributed by atoms with E-state index in [0.717, 1.165) is 16.7 Å². The fraction of sp³-hybridized carbons (Fsp3) is 0.114. The Hall–Kier alpha value is -2.77. The Morgan fingerprint density at radius 2 is 1.26 bits per heavy atom. The maximum atomic E-state index is 8.17. The van der Waals surface area contributed by atoms with E-state index in [4.69, 9.17) is 5.41 Å². The lowest BCUT2D eigenvalue weighted by Gasteiger charge is -2.21. The number of halogens is 2. The summed E-state index contributed by atoms with van der Waals surface area (Å²) >= 11 is 4.49. The molecule has 5 aromatic carbocycles. The first-order chi connectivity index (χ1) is 18.2. The number of rotatable bonds is 4. The highest BCUT2D eigenvalue weighted by atomic mass is 127. The molecule has 0 bridgehead atoms. The summed E-state index contributed by atoms with van der Waals surface area (Å²) < 4.78 is 1.82. The van der Waals surface area contributed by atoms with Crippen LogP contribution in [0.25, 0.3) is 44.5 Å². The predicted molar refractivity (Wildman–Crippen MR) is 179 cm³/mol. The molecule has 1 aliphatic rings. The molecule has 1 nitrogen and oxygen atoms in total. The van der Waals surface area contributed by atoms with Crippen LogP contribution in [0.5, 0.6) is 0 Å². The number of benzene rings is 5. The molecule has 0 saturated heterocycles. The quantitative estimate of drug-likeness (QED) is 0.142. The summed E-state index contributed by atoms with van der Waals surface area (Å²) in [6.07, 6.45) is 0. The zero-order valence-corrected chi connectivity index (χ0v) is 25.9.